The third-order valence-corrected chi connectivity index (χ3v) is 3.80. The smallest absolute Gasteiger partial charge is 0.0646 e. The average Bonchev–Trinajstić information content (AvgIpc) is 2.54. The summed E-state index contributed by atoms with van der Waals surface area (Å²) < 4.78 is 1.30. The second kappa shape index (κ2) is 4.07. The standard InChI is InChI=1S/C11H11NS2/c1-8-5-9(12)7-10(6-8)14-11-3-2-4-13-11/h2-7H,12H2,1H3. The summed E-state index contributed by atoms with van der Waals surface area (Å²) in [7, 11) is 0. The van der Waals surface area contributed by atoms with E-state index in [4.69, 9.17) is 5.73 Å². The van der Waals surface area contributed by atoms with Crippen LogP contribution in [0.15, 0.2) is 44.8 Å². The molecule has 0 bridgehead atoms. The molecular formula is C11H11NS2. The van der Waals surface area contributed by atoms with Gasteiger partial charge in [-0.2, -0.15) is 0 Å². The molecule has 2 N–H and O–H groups in total. The molecule has 0 amide bonds. The number of hydrogen-bond donors (Lipinski definition) is 1. The van der Waals surface area contributed by atoms with Gasteiger partial charge in [-0.3, -0.25) is 0 Å². The molecule has 0 spiro atoms. The lowest BCUT2D eigenvalue weighted by molar-refractivity contribution is 1.36. The quantitative estimate of drug-likeness (QED) is 0.781. The summed E-state index contributed by atoms with van der Waals surface area (Å²) in [6, 6.07) is 10.3. The Kier molecular flexibility index (Phi) is 2.79. The fourth-order valence-electron chi connectivity index (χ4n) is 1.27. The minimum atomic E-state index is 0.837. The van der Waals surface area contributed by atoms with E-state index >= 15 is 0 Å². The van der Waals surface area contributed by atoms with Crippen LogP contribution in [0.3, 0.4) is 0 Å². The molecule has 0 aliphatic carbocycles. The summed E-state index contributed by atoms with van der Waals surface area (Å²) in [6.45, 7) is 2.06. The fourth-order valence-corrected chi connectivity index (χ4v) is 3.19. The first-order valence-electron chi connectivity index (χ1n) is 4.32. The highest BCUT2D eigenvalue weighted by atomic mass is 32.2. The largest absolute Gasteiger partial charge is 0.399 e. The molecule has 0 aliphatic rings. The molecule has 0 aliphatic heterocycles. The molecule has 72 valence electrons. The maximum Gasteiger partial charge on any atom is 0.0646 e. The van der Waals surface area contributed by atoms with Crippen LogP contribution in [0.2, 0.25) is 0 Å². The summed E-state index contributed by atoms with van der Waals surface area (Å²) >= 11 is 3.51. The van der Waals surface area contributed by atoms with Crippen LogP contribution in [-0.2, 0) is 0 Å². The van der Waals surface area contributed by atoms with Gasteiger partial charge in [0.2, 0.25) is 0 Å². The number of anilines is 1. The highest BCUT2D eigenvalue weighted by Gasteiger charge is 1.99. The molecule has 0 radical (unpaired) electrons. The maximum atomic E-state index is 5.78. The molecule has 2 rings (SSSR count). The van der Waals surface area contributed by atoms with Crippen LogP contribution in [0.1, 0.15) is 5.56 Å². The van der Waals surface area contributed by atoms with Crippen molar-refractivity contribution in [2.45, 2.75) is 16.0 Å². The minimum absolute atomic E-state index is 0.837. The van der Waals surface area contributed by atoms with Crippen LogP contribution in [0.25, 0.3) is 0 Å². The molecular weight excluding hydrogens is 210 g/mol. The van der Waals surface area contributed by atoms with Crippen LogP contribution in [0, 0.1) is 6.92 Å². The van der Waals surface area contributed by atoms with E-state index in [1.165, 1.54) is 14.7 Å². The Morgan fingerprint density at radius 1 is 1.29 bits per heavy atom. The summed E-state index contributed by atoms with van der Waals surface area (Å²) in [6.07, 6.45) is 0. The second-order valence-corrected chi connectivity index (χ2v) is 5.44. The first kappa shape index (κ1) is 9.62. The van der Waals surface area contributed by atoms with Gasteiger partial charge in [-0.25, -0.2) is 0 Å². The van der Waals surface area contributed by atoms with Crippen molar-refractivity contribution in [1.29, 1.82) is 0 Å². The van der Waals surface area contributed by atoms with Gasteiger partial charge >= 0.3 is 0 Å². The van der Waals surface area contributed by atoms with Crippen molar-refractivity contribution < 1.29 is 0 Å². The van der Waals surface area contributed by atoms with Gasteiger partial charge in [0.05, 0.1) is 4.21 Å². The molecule has 1 heterocycles. The van der Waals surface area contributed by atoms with Crippen molar-refractivity contribution in [3.63, 3.8) is 0 Å². The van der Waals surface area contributed by atoms with Gasteiger partial charge in [0.25, 0.3) is 0 Å². The predicted octanol–water partition coefficient (Wildman–Crippen LogP) is 3.79. The molecule has 0 saturated carbocycles. The predicted molar refractivity (Wildman–Crippen MR) is 64.0 cm³/mol. The maximum absolute atomic E-state index is 5.78. The summed E-state index contributed by atoms with van der Waals surface area (Å²) in [4.78, 5) is 1.21. The van der Waals surface area contributed by atoms with Crippen molar-refractivity contribution in [2.75, 3.05) is 5.73 Å². The summed E-state index contributed by atoms with van der Waals surface area (Å²) in [5, 5.41) is 2.08. The SMILES string of the molecule is Cc1cc(N)cc(Sc2cccs2)c1. The average molecular weight is 221 g/mol. The first-order valence-corrected chi connectivity index (χ1v) is 6.02. The molecule has 0 fully saturated rings. The van der Waals surface area contributed by atoms with Gasteiger partial charge in [0.15, 0.2) is 0 Å². The third kappa shape index (κ3) is 2.30. The molecule has 0 unspecified atom stereocenters. The monoisotopic (exact) mass is 221 g/mol. The van der Waals surface area contributed by atoms with E-state index in [2.05, 4.69) is 30.5 Å². The van der Waals surface area contributed by atoms with Gasteiger partial charge < -0.3 is 5.73 Å². The Labute approximate surface area is 92.0 Å². The van der Waals surface area contributed by atoms with Crippen LogP contribution < -0.4 is 5.73 Å². The van der Waals surface area contributed by atoms with E-state index in [0.29, 0.717) is 0 Å². The Morgan fingerprint density at radius 2 is 2.14 bits per heavy atom. The second-order valence-electron chi connectivity index (χ2n) is 3.11. The van der Waals surface area contributed by atoms with Crippen molar-refractivity contribution in [2.24, 2.45) is 0 Å². The van der Waals surface area contributed by atoms with Crippen LogP contribution in [0.4, 0.5) is 5.69 Å². The van der Waals surface area contributed by atoms with E-state index in [1.807, 2.05) is 12.1 Å². The van der Waals surface area contributed by atoms with Gasteiger partial charge in [0.1, 0.15) is 0 Å². The van der Waals surface area contributed by atoms with Crippen LogP contribution in [0.5, 0.6) is 0 Å². The number of rotatable bonds is 2. The van der Waals surface area contributed by atoms with Gasteiger partial charge in [-0.05, 0) is 42.1 Å². The Hall–Kier alpha value is -0.930. The summed E-state index contributed by atoms with van der Waals surface area (Å²) in [5.41, 5.74) is 7.83. The topological polar surface area (TPSA) is 26.0 Å². The molecule has 14 heavy (non-hydrogen) atoms. The minimum Gasteiger partial charge on any atom is -0.399 e. The Morgan fingerprint density at radius 3 is 2.79 bits per heavy atom. The van der Waals surface area contributed by atoms with Gasteiger partial charge in [-0.15, -0.1) is 11.3 Å². The zero-order chi connectivity index (χ0) is 9.97. The fraction of sp³-hybridized carbons (Fsp3) is 0.0909. The molecule has 1 aromatic heterocycles. The van der Waals surface area contributed by atoms with Crippen molar-refractivity contribution in [3.05, 3.63) is 41.3 Å². The third-order valence-electron chi connectivity index (χ3n) is 1.79. The molecule has 2 aromatic rings. The Balaban J connectivity index is 2.25. The van der Waals surface area contributed by atoms with Crippen molar-refractivity contribution in [3.8, 4) is 0 Å². The number of nitrogen functional groups attached to an aromatic ring is 1. The zero-order valence-corrected chi connectivity index (χ0v) is 9.49. The molecule has 1 aromatic carbocycles. The lowest BCUT2D eigenvalue weighted by Crippen LogP contribution is -1.85. The van der Waals surface area contributed by atoms with E-state index in [0.717, 1.165) is 5.69 Å². The number of hydrogen-bond acceptors (Lipinski definition) is 3. The highest BCUT2D eigenvalue weighted by Crippen LogP contribution is 2.32. The van der Waals surface area contributed by atoms with E-state index in [-0.39, 0.29) is 0 Å². The Bertz CT molecular complexity index is 401. The molecule has 1 nitrogen and oxygen atoms in total. The molecule has 0 atom stereocenters. The molecule has 0 saturated heterocycles. The zero-order valence-electron chi connectivity index (χ0n) is 7.86. The number of aryl methyl sites for hydroxylation is 1. The van der Waals surface area contributed by atoms with E-state index in [1.54, 1.807) is 23.1 Å². The van der Waals surface area contributed by atoms with Gasteiger partial charge in [0, 0.05) is 10.6 Å². The lowest BCUT2D eigenvalue weighted by Gasteiger charge is -2.02. The van der Waals surface area contributed by atoms with Crippen LogP contribution in [-0.4, -0.2) is 0 Å². The lowest BCUT2D eigenvalue weighted by atomic mass is 10.2. The highest BCUT2D eigenvalue weighted by molar-refractivity contribution is 8.01. The number of thiophene rings is 1. The normalized spacial score (nSPS) is 10.4. The summed E-state index contributed by atoms with van der Waals surface area (Å²) in [5.74, 6) is 0. The van der Waals surface area contributed by atoms with E-state index < -0.39 is 0 Å². The molecule has 3 heteroatoms. The number of nitrogens with two attached hydrogens (primary N) is 1. The number of benzene rings is 1. The van der Waals surface area contributed by atoms with Crippen LogP contribution >= 0.6 is 23.1 Å². The van der Waals surface area contributed by atoms with Gasteiger partial charge in [-0.1, -0.05) is 17.8 Å². The van der Waals surface area contributed by atoms with E-state index in [9.17, 15) is 0 Å². The first-order chi connectivity index (χ1) is 6.74. The van der Waals surface area contributed by atoms with Crippen molar-refractivity contribution >= 4 is 28.8 Å². The van der Waals surface area contributed by atoms with Crippen molar-refractivity contribution in [1.82, 2.24) is 0 Å².